The number of rotatable bonds is 14. The summed E-state index contributed by atoms with van der Waals surface area (Å²) in [6, 6.07) is 0. The zero-order valence-electron chi connectivity index (χ0n) is 19.4. The molecule has 0 heterocycles. The smallest absolute Gasteiger partial charge is 0.0471 e. The van der Waals surface area contributed by atoms with Gasteiger partial charge in [0.25, 0.3) is 0 Å². The molecule has 0 aliphatic carbocycles. The van der Waals surface area contributed by atoms with Gasteiger partial charge in [-0.15, -0.1) is 0 Å². The minimum absolute atomic E-state index is 0.408. The van der Waals surface area contributed by atoms with E-state index in [1.165, 1.54) is 38.5 Å². The van der Waals surface area contributed by atoms with E-state index in [4.69, 9.17) is 4.74 Å². The van der Waals surface area contributed by atoms with Crippen molar-refractivity contribution in [3.63, 3.8) is 0 Å². The molecule has 1 heteroatoms. The highest BCUT2D eigenvalue weighted by molar-refractivity contribution is 4.73. The molecule has 0 saturated carbocycles. The van der Waals surface area contributed by atoms with Gasteiger partial charge in [-0.1, -0.05) is 69.2 Å². The summed E-state index contributed by atoms with van der Waals surface area (Å²) >= 11 is 0. The highest BCUT2D eigenvalue weighted by atomic mass is 16.5. The minimum Gasteiger partial charge on any atom is -0.381 e. The monoisotopic (exact) mass is 354 g/mol. The Labute approximate surface area is 160 Å². The lowest BCUT2D eigenvalue weighted by atomic mass is 9.80. The molecule has 0 amide bonds. The summed E-state index contributed by atoms with van der Waals surface area (Å²) in [5.74, 6) is 3.25. The van der Waals surface area contributed by atoms with Gasteiger partial charge in [-0.3, -0.25) is 0 Å². The van der Waals surface area contributed by atoms with Crippen LogP contribution in [0.2, 0.25) is 0 Å². The molecule has 0 aliphatic rings. The Morgan fingerprint density at radius 3 is 1.16 bits per heavy atom. The van der Waals surface area contributed by atoms with Crippen LogP contribution in [0.25, 0.3) is 0 Å². The van der Waals surface area contributed by atoms with Crippen LogP contribution in [0.3, 0.4) is 0 Å². The lowest BCUT2D eigenvalue weighted by Crippen LogP contribution is -2.19. The zero-order chi connectivity index (χ0) is 19.7. The van der Waals surface area contributed by atoms with Crippen molar-refractivity contribution >= 4 is 0 Å². The maximum Gasteiger partial charge on any atom is 0.0471 e. The first-order valence-electron chi connectivity index (χ1n) is 10.9. The molecule has 0 rings (SSSR count). The normalized spacial score (nSPS) is 15.8. The van der Waals surface area contributed by atoms with Crippen LogP contribution in [0.15, 0.2) is 0 Å². The number of hydrogen-bond acceptors (Lipinski definition) is 1. The lowest BCUT2D eigenvalue weighted by Gasteiger charge is -2.29. The third kappa shape index (κ3) is 12.9. The van der Waals surface area contributed by atoms with Gasteiger partial charge in [0, 0.05) is 13.2 Å². The topological polar surface area (TPSA) is 9.23 Å². The number of ether oxygens (including phenoxy) is 1. The average molecular weight is 355 g/mol. The third-order valence-corrected chi connectivity index (χ3v) is 6.68. The van der Waals surface area contributed by atoms with Crippen molar-refractivity contribution in [3.05, 3.63) is 0 Å². The molecule has 25 heavy (non-hydrogen) atoms. The molecule has 152 valence electrons. The largest absolute Gasteiger partial charge is 0.381 e. The van der Waals surface area contributed by atoms with E-state index >= 15 is 0 Å². The molecule has 0 aromatic carbocycles. The van der Waals surface area contributed by atoms with Crippen molar-refractivity contribution in [3.8, 4) is 0 Å². The van der Waals surface area contributed by atoms with E-state index < -0.39 is 0 Å². The van der Waals surface area contributed by atoms with Gasteiger partial charge in [0.15, 0.2) is 0 Å². The highest BCUT2D eigenvalue weighted by Crippen LogP contribution is 2.32. The molecule has 0 saturated heterocycles. The first kappa shape index (κ1) is 25.0. The van der Waals surface area contributed by atoms with E-state index in [0.717, 1.165) is 36.9 Å². The fourth-order valence-corrected chi connectivity index (χ4v) is 2.95. The van der Waals surface area contributed by atoms with Crippen molar-refractivity contribution in [2.75, 3.05) is 13.2 Å². The van der Waals surface area contributed by atoms with E-state index in [9.17, 15) is 0 Å². The van der Waals surface area contributed by atoms with Crippen molar-refractivity contribution in [1.82, 2.24) is 0 Å². The van der Waals surface area contributed by atoms with Crippen molar-refractivity contribution in [2.24, 2.45) is 34.5 Å². The van der Waals surface area contributed by atoms with E-state index in [1.807, 2.05) is 0 Å². The van der Waals surface area contributed by atoms with Crippen LogP contribution in [-0.2, 0) is 4.74 Å². The molecule has 0 aromatic heterocycles. The maximum atomic E-state index is 6.01. The van der Waals surface area contributed by atoms with Crippen LogP contribution >= 0.6 is 0 Å². The maximum absolute atomic E-state index is 6.01. The molecular formula is C24H50O. The van der Waals surface area contributed by atoms with Gasteiger partial charge in [0.1, 0.15) is 0 Å². The van der Waals surface area contributed by atoms with Crippen LogP contribution < -0.4 is 0 Å². The molecule has 2 atom stereocenters. The second-order valence-corrected chi connectivity index (χ2v) is 11.0. The van der Waals surface area contributed by atoms with Gasteiger partial charge in [-0.05, 0) is 73.0 Å². The third-order valence-electron chi connectivity index (χ3n) is 6.68. The summed E-state index contributed by atoms with van der Waals surface area (Å²) in [6.45, 7) is 25.6. The van der Waals surface area contributed by atoms with Gasteiger partial charge >= 0.3 is 0 Å². The summed E-state index contributed by atoms with van der Waals surface area (Å²) in [5.41, 5.74) is 0.816. The van der Waals surface area contributed by atoms with E-state index in [-0.39, 0.29) is 0 Å². The summed E-state index contributed by atoms with van der Waals surface area (Å²) in [5, 5.41) is 0. The molecule has 0 radical (unpaired) electrons. The molecule has 0 fully saturated rings. The Bertz CT molecular complexity index is 295. The van der Waals surface area contributed by atoms with Crippen molar-refractivity contribution in [1.29, 1.82) is 0 Å². The molecule has 0 aromatic rings. The molecule has 0 spiro atoms. The first-order chi connectivity index (χ1) is 11.4. The summed E-state index contributed by atoms with van der Waals surface area (Å²) < 4.78 is 6.01. The predicted octanol–water partition coefficient (Wildman–Crippen LogP) is 7.98. The SMILES string of the molecule is CC(C)C(C)CCC(C)(C)CCOCCC(C)(C)CCC(C)C(C)C. The molecule has 0 aliphatic heterocycles. The highest BCUT2D eigenvalue weighted by Gasteiger charge is 2.21. The van der Waals surface area contributed by atoms with Gasteiger partial charge < -0.3 is 4.74 Å². The summed E-state index contributed by atoms with van der Waals surface area (Å²) in [6.07, 6.45) is 7.67. The Kier molecular flexibility index (Phi) is 11.6. The Morgan fingerprint density at radius 2 is 0.880 bits per heavy atom. The first-order valence-corrected chi connectivity index (χ1v) is 10.9. The van der Waals surface area contributed by atoms with E-state index in [0.29, 0.717) is 10.8 Å². The second-order valence-electron chi connectivity index (χ2n) is 11.0. The Hall–Kier alpha value is -0.0400. The van der Waals surface area contributed by atoms with E-state index in [1.54, 1.807) is 0 Å². The van der Waals surface area contributed by atoms with E-state index in [2.05, 4.69) is 69.2 Å². The van der Waals surface area contributed by atoms with Gasteiger partial charge in [0.2, 0.25) is 0 Å². The zero-order valence-corrected chi connectivity index (χ0v) is 19.4. The van der Waals surface area contributed by atoms with Gasteiger partial charge in [0.05, 0.1) is 0 Å². The standard InChI is InChI=1S/C24H50O/c1-19(2)21(5)11-13-23(7,8)15-17-25-18-16-24(9,10)14-12-22(6)20(3)4/h19-22H,11-18H2,1-10H3. The van der Waals surface area contributed by atoms with Crippen LogP contribution in [-0.4, -0.2) is 13.2 Å². The number of hydrogen-bond donors (Lipinski definition) is 0. The molecule has 0 bridgehead atoms. The molecule has 0 N–H and O–H groups in total. The van der Waals surface area contributed by atoms with Crippen molar-refractivity contribution in [2.45, 2.75) is 108 Å². The van der Waals surface area contributed by atoms with Gasteiger partial charge in [-0.2, -0.15) is 0 Å². The van der Waals surface area contributed by atoms with Gasteiger partial charge in [-0.25, -0.2) is 0 Å². The second kappa shape index (κ2) is 11.6. The molecule has 1 nitrogen and oxygen atoms in total. The van der Waals surface area contributed by atoms with Crippen molar-refractivity contribution < 1.29 is 4.74 Å². The van der Waals surface area contributed by atoms with Crippen LogP contribution in [0, 0.1) is 34.5 Å². The Morgan fingerprint density at radius 1 is 0.560 bits per heavy atom. The van der Waals surface area contributed by atoms with Crippen LogP contribution in [0.1, 0.15) is 108 Å². The minimum atomic E-state index is 0.408. The quantitative estimate of drug-likeness (QED) is 0.287. The van der Waals surface area contributed by atoms with Crippen LogP contribution in [0.5, 0.6) is 0 Å². The predicted molar refractivity (Wildman–Crippen MR) is 114 cm³/mol. The fraction of sp³-hybridized carbons (Fsp3) is 1.00. The Balaban J connectivity index is 3.92. The van der Waals surface area contributed by atoms with Crippen LogP contribution in [0.4, 0.5) is 0 Å². The molecule has 2 unspecified atom stereocenters. The average Bonchev–Trinajstić information content (AvgIpc) is 2.49. The molecular weight excluding hydrogens is 304 g/mol. The fourth-order valence-electron chi connectivity index (χ4n) is 2.95. The lowest BCUT2D eigenvalue weighted by molar-refractivity contribution is 0.0740. The summed E-state index contributed by atoms with van der Waals surface area (Å²) in [4.78, 5) is 0. The summed E-state index contributed by atoms with van der Waals surface area (Å²) in [7, 11) is 0.